The van der Waals surface area contributed by atoms with Gasteiger partial charge in [0.1, 0.15) is 12.0 Å². The standard InChI is InChI=1S/C12H19ClN4/c1-12(2)6-4-3-5-8(12)17-11-9(14)10(13)15-7-16-11/h7-8H,3-6,14H2,1-2H3,(H,15,16,17). The normalized spacial score (nSPS) is 23.4. The fourth-order valence-electron chi connectivity index (χ4n) is 2.42. The summed E-state index contributed by atoms with van der Waals surface area (Å²) in [6, 6.07) is 0.393. The van der Waals surface area contributed by atoms with Crippen LogP contribution in [0.3, 0.4) is 0 Å². The predicted molar refractivity (Wildman–Crippen MR) is 71.1 cm³/mol. The molecular formula is C12H19ClN4. The van der Waals surface area contributed by atoms with Crippen LogP contribution in [0.15, 0.2) is 6.33 Å². The first-order valence-corrected chi connectivity index (χ1v) is 6.41. The van der Waals surface area contributed by atoms with Crippen molar-refractivity contribution in [1.29, 1.82) is 0 Å². The monoisotopic (exact) mass is 254 g/mol. The van der Waals surface area contributed by atoms with Crippen LogP contribution in [-0.2, 0) is 0 Å². The molecule has 1 aliphatic rings. The summed E-state index contributed by atoms with van der Waals surface area (Å²) in [5.41, 5.74) is 6.58. The highest BCUT2D eigenvalue weighted by Crippen LogP contribution is 2.38. The molecule has 5 heteroatoms. The number of rotatable bonds is 2. The van der Waals surface area contributed by atoms with Gasteiger partial charge in [-0.1, -0.05) is 38.3 Å². The average molecular weight is 255 g/mol. The number of nitrogens with zero attached hydrogens (tertiary/aromatic N) is 2. The van der Waals surface area contributed by atoms with Crippen molar-refractivity contribution in [1.82, 2.24) is 9.97 Å². The third-order valence-corrected chi connectivity index (χ3v) is 3.95. The summed E-state index contributed by atoms with van der Waals surface area (Å²) in [5.74, 6) is 0.657. The van der Waals surface area contributed by atoms with Crippen LogP contribution in [0.4, 0.5) is 11.5 Å². The molecule has 0 saturated heterocycles. The fraction of sp³-hybridized carbons (Fsp3) is 0.667. The molecule has 1 fully saturated rings. The maximum atomic E-state index is 5.89. The van der Waals surface area contributed by atoms with Crippen LogP contribution in [0, 0.1) is 5.41 Å². The number of halogens is 1. The molecule has 1 saturated carbocycles. The molecule has 0 spiro atoms. The molecule has 1 aliphatic carbocycles. The Balaban J connectivity index is 2.17. The van der Waals surface area contributed by atoms with Gasteiger partial charge in [-0.05, 0) is 18.3 Å². The number of hydrogen-bond donors (Lipinski definition) is 2. The van der Waals surface area contributed by atoms with E-state index in [1.54, 1.807) is 0 Å². The molecule has 0 bridgehead atoms. The Morgan fingerprint density at radius 2 is 2.18 bits per heavy atom. The molecule has 4 nitrogen and oxygen atoms in total. The fourth-order valence-corrected chi connectivity index (χ4v) is 2.55. The molecular weight excluding hydrogens is 236 g/mol. The Morgan fingerprint density at radius 3 is 2.88 bits per heavy atom. The second-order valence-corrected chi connectivity index (χ2v) is 5.72. The van der Waals surface area contributed by atoms with E-state index in [0.717, 1.165) is 6.42 Å². The zero-order valence-electron chi connectivity index (χ0n) is 10.3. The minimum atomic E-state index is 0.266. The Labute approximate surface area is 107 Å². The van der Waals surface area contributed by atoms with Gasteiger partial charge in [0, 0.05) is 6.04 Å². The SMILES string of the molecule is CC1(C)CCCCC1Nc1ncnc(Cl)c1N. The van der Waals surface area contributed by atoms with Crippen LogP contribution < -0.4 is 11.1 Å². The zero-order chi connectivity index (χ0) is 12.5. The number of anilines is 2. The highest BCUT2D eigenvalue weighted by molar-refractivity contribution is 6.32. The van der Waals surface area contributed by atoms with Gasteiger partial charge in [0.25, 0.3) is 0 Å². The van der Waals surface area contributed by atoms with Crippen LogP contribution in [0.25, 0.3) is 0 Å². The summed E-state index contributed by atoms with van der Waals surface area (Å²) in [4.78, 5) is 8.03. The number of nitrogen functional groups attached to an aromatic ring is 1. The molecule has 94 valence electrons. The van der Waals surface area contributed by atoms with Crippen molar-refractivity contribution in [3.8, 4) is 0 Å². The van der Waals surface area contributed by atoms with Crippen LogP contribution in [0.1, 0.15) is 39.5 Å². The molecule has 1 aromatic rings. The average Bonchev–Trinajstić information content (AvgIpc) is 2.27. The van der Waals surface area contributed by atoms with Crippen molar-refractivity contribution < 1.29 is 0 Å². The van der Waals surface area contributed by atoms with Gasteiger partial charge in [0.15, 0.2) is 11.0 Å². The van der Waals surface area contributed by atoms with Gasteiger partial charge >= 0.3 is 0 Å². The minimum Gasteiger partial charge on any atom is -0.393 e. The molecule has 2 rings (SSSR count). The van der Waals surface area contributed by atoms with Crippen LogP contribution in [-0.4, -0.2) is 16.0 Å². The van der Waals surface area contributed by atoms with Gasteiger partial charge in [-0.2, -0.15) is 0 Å². The van der Waals surface area contributed by atoms with Gasteiger partial charge in [-0.3, -0.25) is 0 Å². The highest BCUT2D eigenvalue weighted by Gasteiger charge is 2.32. The lowest BCUT2D eigenvalue weighted by Gasteiger charge is -2.39. The minimum absolute atomic E-state index is 0.266. The Kier molecular flexibility index (Phi) is 3.43. The Morgan fingerprint density at radius 1 is 1.41 bits per heavy atom. The molecule has 1 aromatic heterocycles. The predicted octanol–water partition coefficient (Wildman–Crippen LogP) is 3.09. The van der Waals surface area contributed by atoms with Gasteiger partial charge in [-0.25, -0.2) is 9.97 Å². The van der Waals surface area contributed by atoms with Gasteiger partial charge < -0.3 is 11.1 Å². The van der Waals surface area contributed by atoms with E-state index in [4.69, 9.17) is 17.3 Å². The first-order valence-electron chi connectivity index (χ1n) is 6.03. The maximum Gasteiger partial charge on any atom is 0.157 e. The molecule has 17 heavy (non-hydrogen) atoms. The first-order chi connectivity index (χ1) is 8.00. The van der Waals surface area contributed by atoms with Crippen LogP contribution in [0.5, 0.6) is 0 Å². The molecule has 0 aliphatic heterocycles. The smallest absolute Gasteiger partial charge is 0.157 e. The van der Waals surface area contributed by atoms with Crippen LogP contribution >= 0.6 is 11.6 Å². The van der Waals surface area contributed by atoms with Gasteiger partial charge in [0.2, 0.25) is 0 Å². The van der Waals surface area contributed by atoms with E-state index in [1.807, 2.05) is 0 Å². The van der Waals surface area contributed by atoms with E-state index < -0.39 is 0 Å². The van der Waals surface area contributed by atoms with Crippen molar-refractivity contribution in [3.63, 3.8) is 0 Å². The second kappa shape index (κ2) is 4.69. The summed E-state index contributed by atoms with van der Waals surface area (Å²) in [6.07, 6.45) is 6.36. The van der Waals surface area contributed by atoms with E-state index in [-0.39, 0.29) is 5.41 Å². The molecule has 0 amide bonds. The second-order valence-electron chi connectivity index (χ2n) is 5.36. The lowest BCUT2D eigenvalue weighted by atomic mass is 9.73. The lowest BCUT2D eigenvalue weighted by molar-refractivity contribution is 0.216. The van der Waals surface area contributed by atoms with Crippen molar-refractivity contribution in [3.05, 3.63) is 11.5 Å². The van der Waals surface area contributed by atoms with E-state index in [2.05, 4.69) is 29.1 Å². The van der Waals surface area contributed by atoms with E-state index >= 15 is 0 Å². The van der Waals surface area contributed by atoms with Gasteiger partial charge in [-0.15, -0.1) is 0 Å². The third-order valence-electron chi connectivity index (χ3n) is 3.65. The maximum absolute atomic E-state index is 5.89. The molecule has 0 aromatic carbocycles. The third kappa shape index (κ3) is 2.63. The Hall–Kier alpha value is -1.03. The van der Waals surface area contributed by atoms with Crippen LogP contribution in [0.2, 0.25) is 5.15 Å². The first kappa shape index (κ1) is 12.4. The summed E-state index contributed by atoms with van der Waals surface area (Å²) < 4.78 is 0. The van der Waals surface area contributed by atoms with E-state index in [1.165, 1.54) is 25.6 Å². The number of aromatic nitrogens is 2. The lowest BCUT2D eigenvalue weighted by Crippen LogP contribution is -2.39. The number of nitrogens with one attached hydrogen (secondary N) is 1. The summed E-state index contributed by atoms with van der Waals surface area (Å²) in [7, 11) is 0. The topological polar surface area (TPSA) is 63.8 Å². The van der Waals surface area contributed by atoms with Gasteiger partial charge in [0.05, 0.1) is 0 Å². The van der Waals surface area contributed by atoms with Crippen molar-refractivity contribution >= 4 is 23.1 Å². The largest absolute Gasteiger partial charge is 0.393 e. The quantitative estimate of drug-likeness (QED) is 0.796. The molecule has 1 heterocycles. The number of hydrogen-bond acceptors (Lipinski definition) is 4. The molecule has 1 unspecified atom stereocenters. The highest BCUT2D eigenvalue weighted by atomic mass is 35.5. The summed E-state index contributed by atoms with van der Waals surface area (Å²) in [6.45, 7) is 4.56. The van der Waals surface area contributed by atoms with E-state index in [0.29, 0.717) is 22.7 Å². The molecule has 3 N–H and O–H groups in total. The zero-order valence-corrected chi connectivity index (χ0v) is 11.1. The van der Waals surface area contributed by atoms with Crippen molar-refractivity contribution in [2.75, 3.05) is 11.1 Å². The van der Waals surface area contributed by atoms with Crippen molar-refractivity contribution in [2.45, 2.75) is 45.6 Å². The summed E-state index contributed by atoms with van der Waals surface area (Å²) >= 11 is 5.89. The summed E-state index contributed by atoms with van der Waals surface area (Å²) in [5, 5.41) is 3.74. The van der Waals surface area contributed by atoms with Crippen molar-refractivity contribution in [2.24, 2.45) is 5.41 Å². The van der Waals surface area contributed by atoms with E-state index in [9.17, 15) is 0 Å². The number of nitrogens with two attached hydrogens (primary N) is 1. The Bertz CT molecular complexity index is 405. The molecule has 1 atom stereocenters. The molecule has 0 radical (unpaired) electrons.